The standard InChI is InChI=1S/C19H28OSi2/c1-16-7-11-18(12-8-16)19-13-9-17(10-14-19)15-22(5,6)20-21(2,3)4/h7-14H,15H2,1-6H3. The Bertz CT molecular complexity index is 607. The minimum absolute atomic E-state index is 1.09. The summed E-state index contributed by atoms with van der Waals surface area (Å²) < 4.78 is 6.43. The van der Waals surface area contributed by atoms with Crippen LogP contribution in [-0.4, -0.2) is 16.6 Å². The van der Waals surface area contributed by atoms with E-state index in [0.29, 0.717) is 0 Å². The van der Waals surface area contributed by atoms with Crippen molar-refractivity contribution < 1.29 is 4.12 Å². The molecule has 2 rings (SSSR count). The van der Waals surface area contributed by atoms with Gasteiger partial charge in [-0.15, -0.1) is 0 Å². The Morgan fingerprint density at radius 2 is 1.18 bits per heavy atom. The SMILES string of the molecule is Cc1ccc(-c2ccc(C[Si](C)(C)O[Si](C)(C)C)cc2)cc1. The smallest absolute Gasteiger partial charge is 0.177 e. The third kappa shape index (κ3) is 5.23. The van der Waals surface area contributed by atoms with E-state index in [1.807, 2.05) is 0 Å². The zero-order chi connectivity index (χ0) is 16.4. The van der Waals surface area contributed by atoms with Gasteiger partial charge in [0.05, 0.1) is 0 Å². The third-order valence-electron chi connectivity index (χ3n) is 3.55. The van der Waals surface area contributed by atoms with Gasteiger partial charge in [0.1, 0.15) is 0 Å². The first-order chi connectivity index (χ1) is 10.1. The Morgan fingerprint density at radius 3 is 1.64 bits per heavy atom. The Hall–Kier alpha value is -1.17. The van der Waals surface area contributed by atoms with Gasteiger partial charge in [0.25, 0.3) is 0 Å². The van der Waals surface area contributed by atoms with Crippen molar-refractivity contribution in [2.45, 2.75) is 45.7 Å². The molecule has 0 radical (unpaired) electrons. The molecule has 3 heteroatoms. The second kappa shape index (κ2) is 6.53. The molecule has 0 aliphatic heterocycles. The largest absolute Gasteiger partial charge is 0.455 e. The first-order valence-electron chi connectivity index (χ1n) is 8.01. The Kier molecular flexibility index (Phi) is 5.10. The van der Waals surface area contributed by atoms with Crippen molar-refractivity contribution in [2.24, 2.45) is 0 Å². The molecule has 22 heavy (non-hydrogen) atoms. The maximum atomic E-state index is 6.43. The summed E-state index contributed by atoms with van der Waals surface area (Å²) in [5.74, 6) is 0. The highest BCUT2D eigenvalue weighted by Gasteiger charge is 2.29. The lowest BCUT2D eigenvalue weighted by atomic mass is 10.0. The van der Waals surface area contributed by atoms with Gasteiger partial charge in [-0.2, -0.15) is 0 Å². The molecule has 0 fully saturated rings. The topological polar surface area (TPSA) is 9.23 Å². The van der Waals surface area contributed by atoms with E-state index in [9.17, 15) is 0 Å². The van der Waals surface area contributed by atoms with Crippen LogP contribution in [0.5, 0.6) is 0 Å². The molecular weight excluding hydrogens is 300 g/mol. The zero-order valence-corrected chi connectivity index (χ0v) is 16.7. The normalized spacial score (nSPS) is 12.5. The molecule has 0 saturated carbocycles. The van der Waals surface area contributed by atoms with Crippen molar-refractivity contribution in [2.75, 3.05) is 0 Å². The van der Waals surface area contributed by atoms with E-state index < -0.39 is 16.6 Å². The second-order valence-electron chi connectivity index (χ2n) is 7.71. The van der Waals surface area contributed by atoms with Crippen LogP contribution in [0.25, 0.3) is 11.1 Å². The van der Waals surface area contributed by atoms with Crippen LogP contribution in [0.1, 0.15) is 11.1 Å². The molecule has 1 nitrogen and oxygen atoms in total. The molecule has 0 amide bonds. The van der Waals surface area contributed by atoms with Crippen molar-refractivity contribution in [3.05, 3.63) is 59.7 Å². The molecule has 0 atom stereocenters. The molecule has 0 heterocycles. The van der Waals surface area contributed by atoms with Crippen molar-refractivity contribution in [1.29, 1.82) is 0 Å². The summed E-state index contributed by atoms with van der Waals surface area (Å²) in [5, 5.41) is 0. The van der Waals surface area contributed by atoms with Crippen molar-refractivity contribution >= 4 is 16.6 Å². The highest BCUT2D eigenvalue weighted by Crippen LogP contribution is 2.23. The predicted molar refractivity (Wildman–Crippen MR) is 102 cm³/mol. The lowest BCUT2D eigenvalue weighted by molar-refractivity contribution is 0.548. The van der Waals surface area contributed by atoms with Crippen LogP contribution in [0.2, 0.25) is 32.7 Å². The summed E-state index contributed by atoms with van der Waals surface area (Å²) in [6.45, 7) is 13.6. The van der Waals surface area contributed by atoms with Crippen molar-refractivity contribution in [1.82, 2.24) is 0 Å². The van der Waals surface area contributed by atoms with E-state index >= 15 is 0 Å². The summed E-state index contributed by atoms with van der Waals surface area (Å²) in [6.07, 6.45) is 0. The van der Waals surface area contributed by atoms with Crippen LogP contribution < -0.4 is 0 Å². The highest BCUT2D eigenvalue weighted by molar-refractivity contribution is 6.83. The summed E-state index contributed by atoms with van der Waals surface area (Å²) in [5.41, 5.74) is 5.27. The van der Waals surface area contributed by atoms with Gasteiger partial charge < -0.3 is 4.12 Å². The molecule has 0 aliphatic rings. The van der Waals surface area contributed by atoms with Crippen LogP contribution in [0.4, 0.5) is 0 Å². The molecule has 0 aliphatic carbocycles. The fourth-order valence-electron chi connectivity index (χ4n) is 2.92. The molecule has 118 valence electrons. The number of aryl methyl sites for hydroxylation is 1. The van der Waals surface area contributed by atoms with Gasteiger partial charge in [0.2, 0.25) is 0 Å². The number of hydrogen-bond donors (Lipinski definition) is 0. The number of hydrogen-bond acceptors (Lipinski definition) is 1. The quantitative estimate of drug-likeness (QED) is 0.630. The van der Waals surface area contributed by atoms with Crippen LogP contribution in [0, 0.1) is 6.92 Å². The number of benzene rings is 2. The molecule has 0 unspecified atom stereocenters. The van der Waals surface area contributed by atoms with Crippen LogP contribution in [-0.2, 0) is 10.2 Å². The molecule has 0 saturated heterocycles. The van der Waals surface area contributed by atoms with Gasteiger partial charge in [-0.05, 0) is 62.4 Å². The first-order valence-corrected chi connectivity index (χ1v) is 14.5. The highest BCUT2D eigenvalue weighted by atomic mass is 28.4. The molecular formula is C19H28OSi2. The van der Waals surface area contributed by atoms with Crippen molar-refractivity contribution in [3.8, 4) is 11.1 Å². The Labute approximate surface area is 137 Å². The van der Waals surface area contributed by atoms with E-state index in [1.165, 1.54) is 22.3 Å². The zero-order valence-electron chi connectivity index (χ0n) is 14.7. The first kappa shape index (κ1) is 17.2. The van der Waals surface area contributed by atoms with E-state index in [1.54, 1.807) is 0 Å². The van der Waals surface area contributed by atoms with Crippen LogP contribution >= 0.6 is 0 Å². The van der Waals surface area contributed by atoms with Gasteiger partial charge in [0.15, 0.2) is 16.6 Å². The number of rotatable bonds is 5. The predicted octanol–water partition coefficient (Wildman–Crippen LogP) is 5.80. The fraction of sp³-hybridized carbons (Fsp3) is 0.368. The van der Waals surface area contributed by atoms with E-state index in [-0.39, 0.29) is 0 Å². The van der Waals surface area contributed by atoms with Gasteiger partial charge in [-0.1, -0.05) is 54.1 Å². The lowest BCUT2D eigenvalue weighted by Crippen LogP contribution is -2.44. The molecule has 0 N–H and O–H groups in total. The van der Waals surface area contributed by atoms with Crippen LogP contribution in [0.3, 0.4) is 0 Å². The average Bonchev–Trinajstić information content (AvgIpc) is 2.37. The lowest BCUT2D eigenvalue weighted by Gasteiger charge is -2.31. The van der Waals surface area contributed by atoms with E-state index in [0.717, 1.165) is 6.04 Å². The van der Waals surface area contributed by atoms with E-state index in [2.05, 4.69) is 88.2 Å². The fourth-order valence-corrected chi connectivity index (χ4v) is 11.1. The molecule has 0 spiro atoms. The molecule has 2 aromatic carbocycles. The maximum absolute atomic E-state index is 6.43. The van der Waals surface area contributed by atoms with Gasteiger partial charge >= 0.3 is 0 Å². The molecule has 2 aromatic rings. The summed E-state index contributed by atoms with van der Waals surface area (Å²) in [4.78, 5) is 0. The van der Waals surface area contributed by atoms with Gasteiger partial charge in [-0.25, -0.2) is 0 Å². The molecule has 0 aromatic heterocycles. The van der Waals surface area contributed by atoms with Crippen LogP contribution in [0.15, 0.2) is 48.5 Å². The summed E-state index contributed by atoms with van der Waals surface area (Å²) in [6, 6.07) is 18.8. The third-order valence-corrected chi connectivity index (χ3v) is 9.47. The Morgan fingerprint density at radius 1 is 0.727 bits per heavy atom. The van der Waals surface area contributed by atoms with E-state index in [4.69, 9.17) is 4.12 Å². The minimum atomic E-state index is -1.62. The maximum Gasteiger partial charge on any atom is 0.177 e. The second-order valence-corrected chi connectivity index (χ2v) is 16.6. The van der Waals surface area contributed by atoms with Crippen molar-refractivity contribution in [3.63, 3.8) is 0 Å². The van der Waals surface area contributed by atoms with Gasteiger partial charge in [0, 0.05) is 0 Å². The van der Waals surface area contributed by atoms with Gasteiger partial charge in [-0.3, -0.25) is 0 Å². The summed E-state index contributed by atoms with van der Waals surface area (Å²) >= 11 is 0. The Balaban J connectivity index is 2.10. The monoisotopic (exact) mass is 328 g/mol. The minimum Gasteiger partial charge on any atom is -0.455 e. The summed E-state index contributed by atoms with van der Waals surface area (Å²) in [7, 11) is -3.08. The average molecular weight is 329 g/mol. The molecule has 0 bridgehead atoms.